The second-order valence-electron chi connectivity index (χ2n) is 4.66. The molecule has 0 radical (unpaired) electrons. The maximum absolute atomic E-state index is 11.8. The highest BCUT2D eigenvalue weighted by atomic mass is 16.5. The van der Waals surface area contributed by atoms with E-state index in [1.807, 2.05) is 0 Å². The van der Waals surface area contributed by atoms with Crippen LogP contribution in [0.25, 0.3) is 0 Å². The van der Waals surface area contributed by atoms with E-state index in [4.69, 9.17) is 0 Å². The van der Waals surface area contributed by atoms with Gasteiger partial charge in [0.15, 0.2) is 0 Å². The van der Waals surface area contributed by atoms with Crippen LogP contribution in [-0.4, -0.2) is 43.6 Å². The van der Waals surface area contributed by atoms with Gasteiger partial charge in [-0.15, -0.1) is 0 Å². The third-order valence-electron chi connectivity index (χ3n) is 3.64. The number of nitrogens with one attached hydrogen (secondary N) is 2. The Morgan fingerprint density at radius 3 is 1.89 bits per heavy atom. The van der Waals surface area contributed by atoms with Gasteiger partial charge >= 0.3 is 18.0 Å². The lowest BCUT2D eigenvalue weighted by atomic mass is 9.96. The highest BCUT2D eigenvalue weighted by Crippen LogP contribution is 2.42. The van der Waals surface area contributed by atoms with Gasteiger partial charge in [-0.05, 0) is 12.8 Å². The number of rotatable bonds is 2. The summed E-state index contributed by atoms with van der Waals surface area (Å²) in [5.41, 5.74) is -1.23. The summed E-state index contributed by atoms with van der Waals surface area (Å²) in [6.45, 7) is 0. The smallest absolute Gasteiger partial charge is 0.322 e. The van der Waals surface area contributed by atoms with Gasteiger partial charge in [0.05, 0.1) is 26.1 Å². The van der Waals surface area contributed by atoms with Gasteiger partial charge in [-0.2, -0.15) is 0 Å². The lowest BCUT2D eigenvalue weighted by molar-refractivity contribution is -0.156. The monoisotopic (exact) mass is 270 g/mol. The minimum Gasteiger partial charge on any atom is -0.469 e. The molecule has 1 aliphatic heterocycles. The summed E-state index contributed by atoms with van der Waals surface area (Å²) in [4.78, 5) is 46.5. The maximum atomic E-state index is 11.8. The molecule has 1 saturated heterocycles. The molecular formula is C11H14N2O6. The molecular weight excluding hydrogens is 256 g/mol. The molecule has 2 rings (SSSR count). The number of urea groups is 1. The lowest BCUT2D eigenvalue weighted by Gasteiger charge is -2.18. The Morgan fingerprint density at radius 1 is 1.11 bits per heavy atom. The van der Waals surface area contributed by atoms with E-state index in [0.717, 1.165) is 0 Å². The molecule has 0 aromatic carbocycles. The lowest BCUT2D eigenvalue weighted by Crippen LogP contribution is -2.45. The maximum Gasteiger partial charge on any atom is 0.322 e. The van der Waals surface area contributed by atoms with E-state index in [0.29, 0.717) is 0 Å². The molecule has 2 atom stereocenters. The van der Waals surface area contributed by atoms with Crippen molar-refractivity contribution in [1.82, 2.24) is 10.6 Å². The molecule has 1 saturated carbocycles. The molecule has 2 fully saturated rings. The van der Waals surface area contributed by atoms with Crippen molar-refractivity contribution in [2.75, 3.05) is 14.2 Å². The van der Waals surface area contributed by atoms with Gasteiger partial charge in [-0.25, -0.2) is 4.79 Å². The summed E-state index contributed by atoms with van der Waals surface area (Å²) in [7, 11) is 2.41. The van der Waals surface area contributed by atoms with E-state index in [9.17, 15) is 19.2 Å². The Balaban J connectivity index is 2.29. The molecule has 2 aliphatic rings. The Bertz CT molecular complexity index is 436. The SMILES string of the molecule is COC(=O)[C@H]1CC2(C[C@@H]1C(=O)OC)NC(=O)NC2=O. The molecule has 104 valence electrons. The second-order valence-corrected chi connectivity index (χ2v) is 4.66. The van der Waals surface area contributed by atoms with E-state index in [1.54, 1.807) is 0 Å². The Kier molecular flexibility index (Phi) is 3.17. The number of amides is 3. The van der Waals surface area contributed by atoms with Crippen molar-refractivity contribution in [3.05, 3.63) is 0 Å². The number of methoxy groups -OCH3 is 2. The van der Waals surface area contributed by atoms with Crippen molar-refractivity contribution in [2.45, 2.75) is 18.4 Å². The molecule has 0 unspecified atom stereocenters. The van der Waals surface area contributed by atoms with Crippen LogP contribution in [0.15, 0.2) is 0 Å². The molecule has 8 nitrogen and oxygen atoms in total. The fourth-order valence-electron chi connectivity index (χ4n) is 2.73. The van der Waals surface area contributed by atoms with Crippen LogP contribution in [0.1, 0.15) is 12.8 Å². The summed E-state index contributed by atoms with van der Waals surface area (Å²) in [6.07, 6.45) is 0.0496. The fraction of sp³-hybridized carbons (Fsp3) is 0.636. The molecule has 1 heterocycles. The van der Waals surface area contributed by atoms with E-state index in [-0.39, 0.29) is 12.8 Å². The Labute approximate surface area is 108 Å². The van der Waals surface area contributed by atoms with Crippen LogP contribution in [0.2, 0.25) is 0 Å². The molecule has 1 aliphatic carbocycles. The first-order valence-electron chi connectivity index (χ1n) is 5.73. The molecule has 8 heteroatoms. The van der Waals surface area contributed by atoms with Crippen LogP contribution in [0.3, 0.4) is 0 Å². The number of imide groups is 1. The van der Waals surface area contributed by atoms with E-state index < -0.39 is 41.3 Å². The van der Waals surface area contributed by atoms with Crippen molar-refractivity contribution in [3.63, 3.8) is 0 Å². The Morgan fingerprint density at radius 2 is 1.58 bits per heavy atom. The molecule has 0 bridgehead atoms. The van der Waals surface area contributed by atoms with Gasteiger partial charge in [0, 0.05) is 0 Å². The van der Waals surface area contributed by atoms with Crippen LogP contribution >= 0.6 is 0 Å². The zero-order chi connectivity index (χ0) is 14.2. The van der Waals surface area contributed by atoms with Crippen molar-refractivity contribution >= 4 is 23.9 Å². The standard InChI is InChI=1S/C11H14N2O6/c1-18-7(14)5-3-11(4-6(5)8(15)19-2)9(16)12-10(17)13-11/h5-6H,3-4H2,1-2H3,(H2,12,13,16,17)/t5-,6-/m0/s1. The van der Waals surface area contributed by atoms with Gasteiger partial charge in [0.25, 0.3) is 5.91 Å². The first-order valence-corrected chi connectivity index (χ1v) is 5.73. The number of ether oxygens (including phenoxy) is 2. The number of hydrogen-bond donors (Lipinski definition) is 2. The summed E-state index contributed by atoms with van der Waals surface area (Å²) >= 11 is 0. The van der Waals surface area contributed by atoms with Gasteiger partial charge in [0.2, 0.25) is 0 Å². The first kappa shape index (κ1) is 13.3. The number of carbonyl (C=O) groups is 4. The van der Waals surface area contributed by atoms with Gasteiger partial charge in [-0.1, -0.05) is 0 Å². The van der Waals surface area contributed by atoms with Gasteiger partial charge in [0.1, 0.15) is 5.54 Å². The summed E-state index contributed by atoms with van der Waals surface area (Å²) in [5, 5.41) is 4.59. The minimum absolute atomic E-state index is 0.0248. The Hall–Kier alpha value is -2.12. The van der Waals surface area contributed by atoms with Crippen molar-refractivity contribution in [3.8, 4) is 0 Å². The summed E-state index contributed by atoms with van der Waals surface area (Å²) in [6, 6.07) is -0.626. The predicted molar refractivity (Wildman–Crippen MR) is 59.7 cm³/mol. The van der Waals surface area contributed by atoms with Crippen LogP contribution in [0.4, 0.5) is 4.79 Å². The number of hydrogen-bond acceptors (Lipinski definition) is 6. The van der Waals surface area contributed by atoms with Crippen molar-refractivity contribution in [1.29, 1.82) is 0 Å². The minimum atomic E-state index is -1.23. The van der Waals surface area contributed by atoms with Crippen LogP contribution < -0.4 is 10.6 Å². The highest BCUT2D eigenvalue weighted by molar-refractivity contribution is 6.08. The number of carbonyl (C=O) groups excluding carboxylic acids is 4. The van der Waals surface area contributed by atoms with E-state index >= 15 is 0 Å². The summed E-state index contributed by atoms with van der Waals surface area (Å²) in [5.74, 6) is -3.33. The molecule has 0 aromatic rings. The van der Waals surface area contributed by atoms with Crippen molar-refractivity contribution in [2.24, 2.45) is 11.8 Å². The normalized spacial score (nSPS) is 27.9. The van der Waals surface area contributed by atoms with Crippen molar-refractivity contribution < 1.29 is 28.7 Å². The highest BCUT2D eigenvalue weighted by Gasteiger charge is 2.59. The third kappa shape index (κ3) is 2.02. The average Bonchev–Trinajstić information content (AvgIpc) is 2.89. The molecule has 0 aromatic heterocycles. The molecule has 2 N–H and O–H groups in total. The topological polar surface area (TPSA) is 111 Å². The van der Waals surface area contributed by atoms with E-state index in [1.165, 1.54) is 14.2 Å². The zero-order valence-electron chi connectivity index (χ0n) is 10.5. The summed E-state index contributed by atoms with van der Waals surface area (Å²) < 4.78 is 9.27. The van der Waals surface area contributed by atoms with Crippen LogP contribution in [0.5, 0.6) is 0 Å². The van der Waals surface area contributed by atoms with Gasteiger partial charge in [-0.3, -0.25) is 19.7 Å². The van der Waals surface area contributed by atoms with E-state index in [2.05, 4.69) is 20.1 Å². The first-order chi connectivity index (χ1) is 8.93. The quantitative estimate of drug-likeness (QED) is 0.488. The molecule has 1 spiro atoms. The fourth-order valence-corrected chi connectivity index (χ4v) is 2.73. The number of esters is 2. The average molecular weight is 270 g/mol. The van der Waals surface area contributed by atoms with Gasteiger partial charge < -0.3 is 14.8 Å². The second kappa shape index (κ2) is 4.52. The largest absolute Gasteiger partial charge is 0.469 e. The molecule has 19 heavy (non-hydrogen) atoms. The molecule has 3 amide bonds. The van der Waals surface area contributed by atoms with Crippen LogP contribution in [-0.2, 0) is 23.9 Å². The predicted octanol–water partition coefficient (Wildman–Crippen LogP) is -1.06. The van der Waals surface area contributed by atoms with Crippen LogP contribution in [0, 0.1) is 11.8 Å². The third-order valence-corrected chi connectivity index (χ3v) is 3.64. The zero-order valence-corrected chi connectivity index (χ0v) is 10.5.